The number of furan rings is 2. The summed E-state index contributed by atoms with van der Waals surface area (Å²) in [7, 11) is 0. The van der Waals surface area contributed by atoms with Gasteiger partial charge in [-0.1, -0.05) is 249 Å². The van der Waals surface area contributed by atoms with Crippen molar-refractivity contribution in [2.45, 2.75) is 31.6 Å². The molecular weight excluding hydrogens is 1280 g/mol. The van der Waals surface area contributed by atoms with Gasteiger partial charge in [-0.25, -0.2) is 9.97 Å². The number of anilines is 6. The standard InChI is InChI=1S/C98H63N5O2/c1-3-23-59(24-4-1)66-48-51-85(72-39-18-17-38-71(66)72)103(84-43-21-31-60-25-9-13-34-67(60)84)87-53-50-77-75-45-47-80(83-54-56-100-98(101-83)61-26-7-8-27-61)95-90(75)89-74(44-46-79(94(89)104-95)82-42-19-20-55-99-82)76-49-52-86(96-91(76)92(77)97(87)105-96)102(65-32-5-2-6-33-65)93-70-37-16-12-30-64(70)58-81-73(40-22-41-78(81)93)88-68-35-14-10-28-62(68)57-63-29-11-15-36-69(63)88/h1-6,9-25,28-58,61H,7-8,26-27H2. The molecule has 1 saturated carbocycles. The molecular formula is C98H63N5O2. The molecule has 0 N–H and O–H groups in total. The van der Waals surface area contributed by atoms with Gasteiger partial charge in [0.25, 0.3) is 0 Å². The van der Waals surface area contributed by atoms with Gasteiger partial charge in [0.2, 0.25) is 0 Å². The van der Waals surface area contributed by atoms with Gasteiger partial charge in [0.15, 0.2) is 11.2 Å². The predicted molar refractivity (Wildman–Crippen MR) is 438 cm³/mol. The molecule has 21 aromatic rings. The molecule has 22 rings (SSSR count). The van der Waals surface area contributed by atoms with E-state index in [2.05, 4.69) is 319 Å². The van der Waals surface area contributed by atoms with Crippen molar-refractivity contribution in [3.63, 3.8) is 0 Å². The summed E-state index contributed by atoms with van der Waals surface area (Å²) in [5.74, 6) is 1.22. The van der Waals surface area contributed by atoms with Crippen LogP contribution in [0.5, 0.6) is 0 Å². The Labute approximate surface area is 604 Å². The van der Waals surface area contributed by atoms with Gasteiger partial charge in [-0.05, 0) is 179 Å². The Kier molecular flexibility index (Phi) is 13.3. The number of hydrogen-bond donors (Lipinski definition) is 0. The van der Waals surface area contributed by atoms with E-state index < -0.39 is 0 Å². The van der Waals surface area contributed by atoms with E-state index in [0.29, 0.717) is 5.92 Å². The molecule has 105 heavy (non-hydrogen) atoms. The van der Waals surface area contributed by atoms with Crippen LogP contribution in [0.1, 0.15) is 37.4 Å². The zero-order chi connectivity index (χ0) is 68.8. The van der Waals surface area contributed by atoms with E-state index in [-0.39, 0.29) is 0 Å². The van der Waals surface area contributed by atoms with Gasteiger partial charge >= 0.3 is 0 Å². The van der Waals surface area contributed by atoms with Crippen LogP contribution >= 0.6 is 0 Å². The number of hydrogen-bond acceptors (Lipinski definition) is 7. The van der Waals surface area contributed by atoms with Gasteiger partial charge in [0.1, 0.15) is 17.0 Å². The van der Waals surface area contributed by atoms with E-state index in [0.717, 1.165) is 195 Å². The number of nitrogens with zero attached hydrogens (tertiary/aromatic N) is 5. The number of aromatic nitrogens is 3. The predicted octanol–water partition coefficient (Wildman–Crippen LogP) is 27.6. The fourth-order valence-corrected chi connectivity index (χ4v) is 17.9. The van der Waals surface area contributed by atoms with Crippen molar-refractivity contribution >= 4 is 164 Å². The Morgan fingerprint density at radius 2 is 0.790 bits per heavy atom. The molecule has 0 radical (unpaired) electrons. The van der Waals surface area contributed by atoms with Crippen LogP contribution in [0.25, 0.3) is 175 Å². The maximum atomic E-state index is 8.39. The Hall–Kier alpha value is -13.5. The molecule has 4 aromatic heterocycles. The highest BCUT2D eigenvalue weighted by atomic mass is 16.3. The molecule has 0 spiro atoms. The van der Waals surface area contributed by atoms with Gasteiger partial charge < -0.3 is 18.6 Å². The third-order valence-corrected chi connectivity index (χ3v) is 22.6. The SMILES string of the molecule is c1ccc(-c2ccc(N(c3cccc4ccccc34)c3ccc4c5ccc(-c6ccnc(C7CCCC7)n6)c6oc7c(-c8ccccn8)ccc(c8ccc(N(c9ccccc9)c9c%10ccccc%10cc%10c(-c%11c%12ccccc%12cc%12ccccc%11%12)cccc9%10)c9oc3c4c98)c7c65)c3ccccc23)cc1. The van der Waals surface area contributed by atoms with Crippen LogP contribution in [-0.4, -0.2) is 15.0 Å². The van der Waals surface area contributed by atoms with Gasteiger partial charge in [-0.2, -0.15) is 0 Å². The summed E-state index contributed by atoms with van der Waals surface area (Å²) >= 11 is 0. The molecule has 1 aliphatic carbocycles. The van der Waals surface area contributed by atoms with E-state index in [4.69, 9.17) is 23.8 Å². The van der Waals surface area contributed by atoms with Crippen LogP contribution in [-0.2, 0) is 0 Å². The first-order valence-corrected chi connectivity index (χ1v) is 36.5. The maximum Gasteiger partial charge on any atom is 0.160 e. The van der Waals surface area contributed by atoms with E-state index in [9.17, 15) is 0 Å². The molecule has 1 fully saturated rings. The highest BCUT2D eigenvalue weighted by molar-refractivity contribution is 6.40. The minimum absolute atomic E-state index is 0.318. The van der Waals surface area contributed by atoms with Gasteiger partial charge in [0, 0.05) is 78.2 Å². The average Bonchev–Trinajstić information content (AvgIpc) is 1.56. The Balaban J connectivity index is 0.906. The lowest BCUT2D eigenvalue weighted by atomic mass is 9.88. The molecule has 1 aliphatic rings. The van der Waals surface area contributed by atoms with Crippen molar-refractivity contribution in [3.05, 3.63) is 334 Å². The summed E-state index contributed by atoms with van der Waals surface area (Å²) < 4.78 is 16.1. The molecule has 0 saturated heterocycles. The fraction of sp³-hybridized carbons (Fsp3) is 0.0510. The lowest BCUT2D eigenvalue weighted by Gasteiger charge is -2.29. The topological polar surface area (TPSA) is 71.4 Å². The normalized spacial score (nSPS) is 13.0. The lowest BCUT2D eigenvalue weighted by Crippen LogP contribution is -2.12. The first-order valence-electron chi connectivity index (χ1n) is 36.5. The van der Waals surface area contributed by atoms with Crippen molar-refractivity contribution in [1.82, 2.24) is 15.0 Å². The summed E-state index contributed by atoms with van der Waals surface area (Å²) in [5, 5.41) is 21.9. The first kappa shape index (κ1) is 59.2. The van der Waals surface area contributed by atoms with Gasteiger partial charge in [-0.3, -0.25) is 4.98 Å². The second-order valence-corrected chi connectivity index (χ2v) is 28.2. The second kappa shape index (κ2) is 23.5. The molecule has 7 nitrogen and oxygen atoms in total. The Morgan fingerprint density at radius 3 is 1.48 bits per heavy atom. The van der Waals surface area contributed by atoms with Crippen LogP contribution in [0.2, 0.25) is 0 Å². The van der Waals surface area contributed by atoms with Crippen molar-refractivity contribution in [3.8, 4) is 44.8 Å². The first-order chi connectivity index (χ1) is 52.1. The molecule has 4 heterocycles. The van der Waals surface area contributed by atoms with Gasteiger partial charge in [-0.15, -0.1) is 0 Å². The molecule has 492 valence electrons. The van der Waals surface area contributed by atoms with Crippen molar-refractivity contribution in [1.29, 1.82) is 0 Å². The number of rotatable bonds is 11. The van der Waals surface area contributed by atoms with Crippen LogP contribution in [0.15, 0.2) is 337 Å². The zero-order valence-electron chi connectivity index (χ0n) is 57.1. The summed E-state index contributed by atoms with van der Waals surface area (Å²) in [6, 6.07) is 115. The number of pyridine rings is 1. The highest BCUT2D eigenvalue weighted by Gasteiger charge is 2.33. The third-order valence-electron chi connectivity index (χ3n) is 22.6. The quantitative estimate of drug-likeness (QED) is 0.120. The minimum atomic E-state index is 0.318. The largest absolute Gasteiger partial charge is 0.455 e. The van der Waals surface area contributed by atoms with E-state index in [1.54, 1.807) is 0 Å². The molecule has 0 aliphatic heterocycles. The molecule has 17 aromatic carbocycles. The summed E-state index contributed by atoms with van der Waals surface area (Å²) in [6.07, 6.45) is 8.35. The van der Waals surface area contributed by atoms with Crippen LogP contribution in [0.4, 0.5) is 34.1 Å². The molecule has 7 heteroatoms. The average molecular weight is 1340 g/mol. The minimum Gasteiger partial charge on any atom is -0.455 e. The highest BCUT2D eigenvalue weighted by Crippen LogP contribution is 2.57. The van der Waals surface area contributed by atoms with Crippen molar-refractivity contribution < 1.29 is 8.83 Å². The van der Waals surface area contributed by atoms with E-state index in [1.165, 1.54) is 45.5 Å². The molecule has 0 amide bonds. The third kappa shape index (κ3) is 9.08. The summed E-state index contributed by atoms with van der Waals surface area (Å²) in [6.45, 7) is 0. The monoisotopic (exact) mass is 1340 g/mol. The second-order valence-electron chi connectivity index (χ2n) is 28.2. The molecule has 0 unspecified atom stereocenters. The Morgan fingerprint density at radius 1 is 0.286 bits per heavy atom. The number of benzene rings is 16. The van der Waals surface area contributed by atoms with Crippen LogP contribution < -0.4 is 9.80 Å². The van der Waals surface area contributed by atoms with Gasteiger partial charge in [0.05, 0.1) is 39.8 Å². The van der Waals surface area contributed by atoms with E-state index >= 15 is 0 Å². The van der Waals surface area contributed by atoms with Crippen molar-refractivity contribution in [2.75, 3.05) is 9.80 Å². The van der Waals surface area contributed by atoms with E-state index in [1.807, 2.05) is 18.5 Å². The van der Waals surface area contributed by atoms with Crippen LogP contribution in [0.3, 0.4) is 0 Å². The van der Waals surface area contributed by atoms with Crippen LogP contribution in [0, 0.1) is 0 Å². The van der Waals surface area contributed by atoms with Crippen molar-refractivity contribution in [2.24, 2.45) is 0 Å². The lowest BCUT2D eigenvalue weighted by molar-refractivity contribution is 0.665. The number of para-hydroxylation sites is 1. The smallest absolute Gasteiger partial charge is 0.160 e. The Bertz CT molecular complexity index is 7060. The summed E-state index contributed by atoms with van der Waals surface area (Å²) in [5.41, 5.74) is 17.0. The number of fused-ring (bicyclic) bond motifs is 8. The molecule has 0 bridgehead atoms. The maximum absolute atomic E-state index is 8.39. The zero-order valence-corrected chi connectivity index (χ0v) is 57.1. The summed E-state index contributed by atoms with van der Waals surface area (Å²) in [4.78, 5) is 20.4. The fourth-order valence-electron chi connectivity index (χ4n) is 17.9. The molecule has 0 atom stereocenters.